The van der Waals surface area contributed by atoms with E-state index in [4.69, 9.17) is 0 Å². The topological polar surface area (TPSA) is 72.2 Å². The van der Waals surface area contributed by atoms with Crippen molar-refractivity contribution in [3.8, 4) is 0 Å². The van der Waals surface area contributed by atoms with Gasteiger partial charge in [-0.05, 0) is 0 Å². The lowest BCUT2D eigenvalue weighted by Gasteiger charge is -1.99. The fraction of sp³-hybridized carbons (Fsp3) is 0.500. The minimum Gasteiger partial charge on any atom is -0.356 e. The Kier molecular flexibility index (Phi) is 2.91. The van der Waals surface area contributed by atoms with E-state index in [1.54, 1.807) is 10.8 Å². The van der Waals surface area contributed by atoms with Crippen molar-refractivity contribution in [1.29, 1.82) is 0 Å². The molecule has 1 N–H and O–H groups in total. The smallest absolute Gasteiger partial charge is 0.234 e. The second kappa shape index (κ2) is 4.35. The molecule has 0 aliphatic heterocycles. The summed E-state index contributed by atoms with van der Waals surface area (Å²) in [4.78, 5) is 11.8. The lowest BCUT2D eigenvalue weighted by atomic mass is 10.4. The normalized spacial score (nSPS) is 10.7. The van der Waals surface area contributed by atoms with Crippen LogP contribution in [-0.4, -0.2) is 32.3 Å². The maximum absolute atomic E-state index is 11.0. The zero-order valence-electron chi connectivity index (χ0n) is 8.30. The Morgan fingerprint density at radius 1 is 1.67 bits per heavy atom. The van der Waals surface area contributed by atoms with Crippen LogP contribution in [0.5, 0.6) is 0 Å². The summed E-state index contributed by atoms with van der Waals surface area (Å²) in [5, 5.41) is 15.6. The third-order valence-electron chi connectivity index (χ3n) is 1.91. The quantitative estimate of drug-likeness (QED) is 0.809. The van der Waals surface area contributed by atoms with Gasteiger partial charge in [0.2, 0.25) is 10.9 Å². The standard InChI is InChI=1S/C8H11N5OS/c1-2-6(14)9-4-3-7-12-13-5-10-11-8(13)15-7/h5H,2-4H2,1H3,(H,9,14). The van der Waals surface area contributed by atoms with Gasteiger partial charge in [-0.3, -0.25) is 4.79 Å². The van der Waals surface area contributed by atoms with E-state index in [-0.39, 0.29) is 5.91 Å². The van der Waals surface area contributed by atoms with E-state index >= 15 is 0 Å². The van der Waals surface area contributed by atoms with E-state index in [1.165, 1.54) is 11.3 Å². The molecule has 15 heavy (non-hydrogen) atoms. The molecule has 1 amide bonds. The molecule has 0 fully saturated rings. The van der Waals surface area contributed by atoms with E-state index in [0.29, 0.717) is 13.0 Å². The fourth-order valence-electron chi connectivity index (χ4n) is 1.14. The van der Waals surface area contributed by atoms with Crippen LogP contribution >= 0.6 is 11.3 Å². The molecule has 2 heterocycles. The monoisotopic (exact) mass is 225 g/mol. The molecule has 0 spiro atoms. The number of fused-ring (bicyclic) bond motifs is 1. The highest BCUT2D eigenvalue weighted by Gasteiger charge is 2.05. The lowest BCUT2D eigenvalue weighted by molar-refractivity contribution is -0.120. The molecular formula is C8H11N5OS. The van der Waals surface area contributed by atoms with Crippen molar-refractivity contribution in [2.45, 2.75) is 19.8 Å². The predicted molar refractivity (Wildman–Crippen MR) is 55.7 cm³/mol. The molecular weight excluding hydrogens is 214 g/mol. The zero-order valence-corrected chi connectivity index (χ0v) is 9.12. The van der Waals surface area contributed by atoms with Gasteiger partial charge in [-0.2, -0.15) is 9.61 Å². The summed E-state index contributed by atoms with van der Waals surface area (Å²) < 4.78 is 1.64. The SMILES string of the molecule is CCC(=O)NCCc1nn2cnnc2s1. The Bertz CT molecular complexity index is 434. The van der Waals surface area contributed by atoms with Crippen molar-refractivity contribution in [1.82, 2.24) is 25.1 Å². The molecule has 7 heteroatoms. The number of aromatic nitrogens is 4. The summed E-state index contributed by atoms with van der Waals surface area (Å²) in [6.07, 6.45) is 2.82. The summed E-state index contributed by atoms with van der Waals surface area (Å²) >= 11 is 1.49. The Balaban J connectivity index is 1.90. The van der Waals surface area contributed by atoms with Crippen LogP contribution in [0.25, 0.3) is 4.96 Å². The van der Waals surface area contributed by atoms with E-state index < -0.39 is 0 Å². The van der Waals surface area contributed by atoms with Gasteiger partial charge in [0.25, 0.3) is 0 Å². The van der Waals surface area contributed by atoms with Crippen LogP contribution < -0.4 is 5.32 Å². The number of hydrogen-bond acceptors (Lipinski definition) is 5. The Morgan fingerprint density at radius 2 is 2.53 bits per heavy atom. The van der Waals surface area contributed by atoms with E-state index in [9.17, 15) is 4.79 Å². The van der Waals surface area contributed by atoms with Crippen LogP contribution in [0.1, 0.15) is 18.4 Å². The molecule has 0 atom stereocenters. The second-order valence-electron chi connectivity index (χ2n) is 3.01. The van der Waals surface area contributed by atoms with Gasteiger partial charge in [0.1, 0.15) is 11.3 Å². The summed E-state index contributed by atoms with van der Waals surface area (Å²) in [5.41, 5.74) is 0. The first-order chi connectivity index (χ1) is 7.29. The van der Waals surface area contributed by atoms with Crippen molar-refractivity contribution in [3.05, 3.63) is 11.3 Å². The minimum absolute atomic E-state index is 0.0676. The summed E-state index contributed by atoms with van der Waals surface area (Å²) in [7, 11) is 0. The zero-order chi connectivity index (χ0) is 10.7. The van der Waals surface area contributed by atoms with Gasteiger partial charge >= 0.3 is 0 Å². The molecule has 6 nitrogen and oxygen atoms in total. The van der Waals surface area contributed by atoms with Gasteiger partial charge in [0.15, 0.2) is 0 Å². The second-order valence-corrected chi connectivity index (χ2v) is 4.05. The molecule has 0 bridgehead atoms. The number of rotatable bonds is 4. The van der Waals surface area contributed by atoms with Gasteiger partial charge in [0, 0.05) is 19.4 Å². The fourth-order valence-corrected chi connectivity index (χ4v) is 1.95. The van der Waals surface area contributed by atoms with Gasteiger partial charge in [-0.25, -0.2) is 0 Å². The van der Waals surface area contributed by atoms with E-state index in [2.05, 4.69) is 20.6 Å². The van der Waals surface area contributed by atoms with Gasteiger partial charge in [0.05, 0.1) is 0 Å². The highest BCUT2D eigenvalue weighted by molar-refractivity contribution is 7.16. The molecule has 0 radical (unpaired) electrons. The van der Waals surface area contributed by atoms with E-state index in [0.717, 1.165) is 16.4 Å². The third kappa shape index (κ3) is 2.30. The Labute approximate surface area is 90.3 Å². The van der Waals surface area contributed by atoms with Crippen molar-refractivity contribution >= 4 is 22.2 Å². The number of nitrogens with one attached hydrogen (secondary N) is 1. The first-order valence-corrected chi connectivity index (χ1v) is 5.53. The van der Waals surface area contributed by atoms with Crippen molar-refractivity contribution in [3.63, 3.8) is 0 Å². The van der Waals surface area contributed by atoms with Crippen molar-refractivity contribution in [2.75, 3.05) is 6.54 Å². The van der Waals surface area contributed by atoms with Gasteiger partial charge < -0.3 is 5.32 Å². The van der Waals surface area contributed by atoms with Gasteiger partial charge in [-0.1, -0.05) is 18.3 Å². The van der Waals surface area contributed by atoms with Crippen LogP contribution in [0.2, 0.25) is 0 Å². The molecule has 0 aliphatic carbocycles. The largest absolute Gasteiger partial charge is 0.356 e. The maximum Gasteiger partial charge on any atom is 0.234 e. The average Bonchev–Trinajstić information content (AvgIpc) is 2.77. The average molecular weight is 225 g/mol. The molecule has 2 aromatic heterocycles. The highest BCUT2D eigenvalue weighted by atomic mass is 32.1. The van der Waals surface area contributed by atoms with Crippen LogP contribution in [0.15, 0.2) is 6.33 Å². The lowest BCUT2D eigenvalue weighted by Crippen LogP contribution is -2.24. The molecule has 0 saturated heterocycles. The molecule has 80 valence electrons. The molecule has 0 saturated carbocycles. The summed E-state index contributed by atoms with van der Waals surface area (Å²) in [5.74, 6) is 0.0676. The van der Waals surface area contributed by atoms with Crippen LogP contribution in [0.4, 0.5) is 0 Å². The number of hydrogen-bond donors (Lipinski definition) is 1. The number of nitrogens with zero attached hydrogens (tertiary/aromatic N) is 4. The molecule has 0 unspecified atom stereocenters. The third-order valence-corrected chi connectivity index (χ3v) is 2.88. The van der Waals surface area contributed by atoms with Crippen LogP contribution in [0.3, 0.4) is 0 Å². The summed E-state index contributed by atoms with van der Waals surface area (Å²) in [6, 6.07) is 0. The Hall–Kier alpha value is -1.50. The van der Waals surface area contributed by atoms with E-state index in [1.807, 2.05) is 6.92 Å². The maximum atomic E-state index is 11.0. The summed E-state index contributed by atoms with van der Waals surface area (Å²) in [6.45, 7) is 2.45. The number of carbonyl (C=O) groups is 1. The molecule has 0 aliphatic rings. The van der Waals surface area contributed by atoms with Crippen molar-refractivity contribution in [2.24, 2.45) is 0 Å². The number of amides is 1. The van der Waals surface area contributed by atoms with Crippen molar-refractivity contribution < 1.29 is 4.79 Å². The first kappa shape index (κ1) is 10.0. The van der Waals surface area contributed by atoms with Gasteiger partial charge in [-0.15, -0.1) is 10.2 Å². The molecule has 0 aromatic carbocycles. The Morgan fingerprint density at radius 3 is 3.27 bits per heavy atom. The molecule has 2 aromatic rings. The predicted octanol–water partition coefficient (Wildman–Crippen LogP) is 0.254. The van der Waals surface area contributed by atoms with Crippen LogP contribution in [-0.2, 0) is 11.2 Å². The van der Waals surface area contributed by atoms with Crippen LogP contribution in [0, 0.1) is 0 Å². The first-order valence-electron chi connectivity index (χ1n) is 4.72. The minimum atomic E-state index is 0.0676. The number of carbonyl (C=O) groups excluding carboxylic acids is 1. The highest BCUT2D eigenvalue weighted by Crippen LogP contribution is 2.11. The molecule has 2 rings (SSSR count).